The predicted molar refractivity (Wildman–Crippen MR) is 89.5 cm³/mol. The highest BCUT2D eigenvalue weighted by atomic mass is 35.5. The summed E-state index contributed by atoms with van der Waals surface area (Å²) in [6, 6.07) is 5.52. The van der Waals surface area contributed by atoms with Crippen LogP contribution in [0.3, 0.4) is 0 Å². The zero-order valence-electron chi connectivity index (χ0n) is 12.7. The molecule has 1 aromatic rings. The number of hydrogen-bond acceptors (Lipinski definition) is 3. The lowest BCUT2D eigenvalue weighted by molar-refractivity contribution is 0.281. The molecule has 21 heavy (non-hydrogen) atoms. The van der Waals surface area contributed by atoms with Crippen molar-refractivity contribution >= 4 is 33.0 Å². The van der Waals surface area contributed by atoms with Gasteiger partial charge in [-0.1, -0.05) is 31.9 Å². The first kappa shape index (κ1) is 16.4. The van der Waals surface area contributed by atoms with Crippen molar-refractivity contribution in [3.05, 3.63) is 23.2 Å². The van der Waals surface area contributed by atoms with Gasteiger partial charge >= 0.3 is 0 Å². The molecule has 0 heterocycles. The van der Waals surface area contributed by atoms with Crippen LogP contribution in [0.2, 0.25) is 5.02 Å². The Morgan fingerprint density at radius 1 is 1.24 bits per heavy atom. The van der Waals surface area contributed by atoms with Crippen LogP contribution in [0.4, 0.5) is 11.4 Å². The van der Waals surface area contributed by atoms with Gasteiger partial charge in [0, 0.05) is 6.04 Å². The monoisotopic (exact) mass is 330 g/mol. The fourth-order valence-electron chi connectivity index (χ4n) is 2.85. The highest BCUT2D eigenvalue weighted by Gasteiger charge is 2.25. The van der Waals surface area contributed by atoms with Crippen LogP contribution in [0, 0.1) is 11.8 Å². The number of rotatable bonds is 4. The van der Waals surface area contributed by atoms with Crippen LogP contribution in [0.5, 0.6) is 0 Å². The molecule has 2 N–H and O–H groups in total. The first-order valence-corrected chi connectivity index (χ1v) is 9.55. The summed E-state index contributed by atoms with van der Waals surface area (Å²) in [5.74, 6) is 1.29. The molecule has 1 aromatic carbocycles. The van der Waals surface area contributed by atoms with Gasteiger partial charge in [-0.05, 0) is 42.9 Å². The molecular weight excluding hydrogens is 308 g/mol. The van der Waals surface area contributed by atoms with Crippen molar-refractivity contribution in [3.63, 3.8) is 0 Å². The summed E-state index contributed by atoms with van der Waals surface area (Å²) in [5, 5.41) is 4.10. The second kappa shape index (κ2) is 6.44. The highest BCUT2D eigenvalue weighted by molar-refractivity contribution is 7.92. The fraction of sp³-hybridized carbons (Fsp3) is 0.600. The molecular formula is C15H23ClN2O2S. The van der Waals surface area contributed by atoms with Crippen molar-refractivity contribution in [3.8, 4) is 0 Å². The lowest BCUT2D eigenvalue weighted by Crippen LogP contribution is -2.33. The van der Waals surface area contributed by atoms with E-state index in [9.17, 15) is 8.42 Å². The van der Waals surface area contributed by atoms with Crippen LogP contribution in [0.15, 0.2) is 18.2 Å². The van der Waals surface area contributed by atoms with Crippen LogP contribution in [0.25, 0.3) is 0 Å². The van der Waals surface area contributed by atoms with E-state index in [0.717, 1.165) is 18.4 Å². The quantitative estimate of drug-likeness (QED) is 0.878. The van der Waals surface area contributed by atoms with Crippen LogP contribution >= 0.6 is 11.6 Å². The van der Waals surface area contributed by atoms with E-state index < -0.39 is 10.0 Å². The Morgan fingerprint density at radius 3 is 2.62 bits per heavy atom. The Hall–Kier alpha value is -0.940. The summed E-state index contributed by atoms with van der Waals surface area (Å²) in [5.41, 5.74) is 1.32. The van der Waals surface area contributed by atoms with Gasteiger partial charge in [0.15, 0.2) is 0 Å². The first-order chi connectivity index (χ1) is 9.74. The van der Waals surface area contributed by atoms with Gasteiger partial charge in [-0.15, -0.1) is 0 Å². The fourth-order valence-corrected chi connectivity index (χ4v) is 3.57. The van der Waals surface area contributed by atoms with Crippen molar-refractivity contribution in [2.75, 3.05) is 16.3 Å². The molecule has 1 saturated carbocycles. The third-order valence-corrected chi connectivity index (χ3v) is 5.00. The minimum absolute atomic E-state index is 0.375. The summed E-state index contributed by atoms with van der Waals surface area (Å²) in [6.07, 6.45) is 4.72. The average Bonchev–Trinajstić information content (AvgIpc) is 2.36. The molecule has 0 spiro atoms. The maximum absolute atomic E-state index is 11.3. The molecule has 0 bridgehead atoms. The Morgan fingerprint density at radius 2 is 1.95 bits per heavy atom. The van der Waals surface area contributed by atoms with Gasteiger partial charge in [0.25, 0.3) is 0 Å². The van der Waals surface area contributed by atoms with Crippen molar-refractivity contribution in [1.29, 1.82) is 0 Å². The van der Waals surface area contributed by atoms with Gasteiger partial charge in [-0.25, -0.2) is 8.42 Å². The third-order valence-electron chi connectivity index (χ3n) is 4.07. The average molecular weight is 331 g/mol. The van der Waals surface area contributed by atoms with E-state index >= 15 is 0 Å². The van der Waals surface area contributed by atoms with Gasteiger partial charge < -0.3 is 5.32 Å². The minimum Gasteiger partial charge on any atom is -0.381 e. The van der Waals surface area contributed by atoms with Crippen LogP contribution in [0.1, 0.15) is 33.1 Å². The van der Waals surface area contributed by atoms with Crippen molar-refractivity contribution < 1.29 is 8.42 Å². The van der Waals surface area contributed by atoms with Gasteiger partial charge in [0.2, 0.25) is 10.0 Å². The number of halogens is 1. The lowest BCUT2D eigenvalue weighted by atomic mass is 9.80. The topological polar surface area (TPSA) is 58.2 Å². The zero-order valence-corrected chi connectivity index (χ0v) is 14.3. The molecule has 0 saturated heterocycles. The zero-order chi connectivity index (χ0) is 15.6. The maximum Gasteiger partial charge on any atom is 0.229 e. The van der Waals surface area contributed by atoms with Crippen LogP contribution in [-0.4, -0.2) is 20.7 Å². The van der Waals surface area contributed by atoms with Crippen molar-refractivity contribution in [1.82, 2.24) is 0 Å². The second-order valence-electron chi connectivity index (χ2n) is 6.22. The molecule has 4 nitrogen and oxygen atoms in total. The molecule has 0 radical (unpaired) electrons. The molecule has 2 rings (SSSR count). The molecule has 6 heteroatoms. The Labute approximate surface area is 132 Å². The Bertz CT molecular complexity index is 604. The summed E-state index contributed by atoms with van der Waals surface area (Å²) in [6.45, 7) is 4.51. The minimum atomic E-state index is -3.28. The largest absolute Gasteiger partial charge is 0.381 e. The van der Waals surface area contributed by atoms with Gasteiger partial charge in [0.05, 0.1) is 22.7 Å². The lowest BCUT2D eigenvalue weighted by Gasteiger charge is -2.34. The van der Waals surface area contributed by atoms with Gasteiger partial charge in [-0.2, -0.15) is 0 Å². The number of nitrogens with one attached hydrogen (secondary N) is 2. The third kappa shape index (κ3) is 4.78. The molecule has 0 aliphatic heterocycles. The van der Waals surface area contributed by atoms with Crippen LogP contribution in [-0.2, 0) is 10.0 Å². The number of sulfonamides is 1. The molecule has 3 unspecified atom stereocenters. The Balaban J connectivity index is 2.17. The van der Waals surface area contributed by atoms with E-state index in [4.69, 9.17) is 11.6 Å². The number of benzene rings is 1. The van der Waals surface area contributed by atoms with E-state index in [1.165, 1.54) is 12.8 Å². The summed E-state index contributed by atoms with van der Waals surface area (Å²) >= 11 is 6.23. The predicted octanol–water partition coefficient (Wildman–Crippen LogP) is 3.95. The van der Waals surface area contributed by atoms with Gasteiger partial charge in [0.1, 0.15) is 0 Å². The molecule has 1 aliphatic rings. The number of hydrogen-bond donors (Lipinski definition) is 2. The molecule has 1 aliphatic carbocycles. The summed E-state index contributed by atoms with van der Waals surface area (Å²) < 4.78 is 25.1. The molecule has 0 aromatic heterocycles. The Kier molecular flexibility index (Phi) is 5.04. The van der Waals surface area contributed by atoms with E-state index in [1.807, 2.05) is 0 Å². The smallest absolute Gasteiger partial charge is 0.229 e. The van der Waals surface area contributed by atoms with E-state index in [1.54, 1.807) is 18.2 Å². The molecule has 1 fully saturated rings. The summed E-state index contributed by atoms with van der Waals surface area (Å²) in [7, 11) is -3.28. The van der Waals surface area contributed by atoms with Crippen LogP contribution < -0.4 is 10.0 Å². The maximum atomic E-state index is 11.3. The first-order valence-electron chi connectivity index (χ1n) is 7.28. The molecule has 3 atom stereocenters. The molecule has 0 amide bonds. The van der Waals surface area contributed by atoms with Crippen molar-refractivity contribution in [2.45, 2.75) is 39.2 Å². The van der Waals surface area contributed by atoms with Gasteiger partial charge in [-0.3, -0.25) is 4.72 Å². The van der Waals surface area contributed by atoms with E-state index in [0.29, 0.717) is 28.6 Å². The van der Waals surface area contributed by atoms with E-state index in [2.05, 4.69) is 23.9 Å². The SMILES string of the molecule is CC1CCC(C)C(Nc2cc(NS(C)(=O)=O)ccc2Cl)C1. The normalized spacial score (nSPS) is 26.4. The second-order valence-corrected chi connectivity index (χ2v) is 8.37. The number of anilines is 2. The highest BCUT2D eigenvalue weighted by Crippen LogP contribution is 2.33. The van der Waals surface area contributed by atoms with E-state index in [-0.39, 0.29) is 0 Å². The van der Waals surface area contributed by atoms with Crippen molar-refractivity contribution in [2.24, 2.45) is 11.8 Å². The summed E-state index contributed by atoms with van der Waals surface area (Å²) in [4.78, 5) is 0. The molecule has 118 valence electrons. The standard InChI is InChI=1S/C15H23ClN2O2S/c1-10-4-5-11(2)14(8-10)17-15-9-12(6-7-13(15)16)18-21(3,19)20/h6-7,9-11,14,17-18H,4-5,8H2,1-3H3.